The van der Waals surface area contributed by atoms with Crippen molar-refractivity contribution in [2.75, 3.05) is 12.2 Å². The van der Waals surface area contributed by atoms with Gasteiger partial charge in [0.1, 0.15) is 5.70 Å². The number of aryl methyl sites for hydroxylation is 1. The molecule has 0 aliphatic carbocycles. The van der Waals surface area contributed by atoms with Gasteiger partial charge in [0.25, 0.3) is 11.8 Å². The highest BCUT2D eigenvalue weighted by Gasteiger charge is 2.17. The summed E-state index contributed by atoms with van der Waals surface area (Å²) in [6, 6.07) is 13.7. The molecule has 0 bridgehead atoms. The van der Waals surface area contributed by atoms with Gasteiger partial charge >= 0.3 is 0 Å². The summed E-state index contributed by atoms with van der Waals surface area (Å²) in [5, 5.41) is 10.6. The number of aromatic nitrogens is 2. The first-order valence-electron chi connectivity index (χ1n) is 9.53. The third kappa shape index (κ3) is 4.79. The predicted octanol–water partition coefficient (Wildman–Crippen LogP) is 3.08. The number of amides is 2. The van der Waals surface area contributed by atoms with Crippen LogP contribution in [0.25, 0.3) is 6.08 Å². The normalized spacial score (nSPS) is 12.2. The second-order valence-electron chi connectivity index (χ2n) is 6.73. The molecule has 4 rings (SSSR count). The molecule has 0 fully saturated rings. The maximum absolute atomic E-state index is 12.9. The highest BCUT2D eigenvalue weighted by atomic mass is 35.5. The van der Waals surface area contributed by atoms with Crippen LogP contribution in [0.1, 0.15) is 21.6 Å². The number of hydrazine groups is 1. The molecule has 2 aromatic carbocycles. The second-order valence-corrected chi connectivity index (χ2v) is 7.11. The topological polar surface area (TPSA) is 114 Å². The van der Waals surface area contributed by atoms with Crippen molar-refractivity contribution in [2.24, 2.45) is 0 Å². The monoisotopic (exact) mass is 451 g/mol. The van der Waals surface area contributed by atoms with E-state index in [-0.39, 0.29) is 12.5 Å². The summed E-state index contributed by atoms with van der Waals surface area (Å²) in [6.07, 6.45) is 2.90. The molecule has 1 aliphatic heterocycles. The van der Waals surface area contributed by atoms with E-state index in [0.29, 0.717) is 39.0 Å². The summed E-state index contributed by atoms with van der Waals surface area (Å²) in [5.74, 6) is 0.124. The average Bonchev–Trinajstić information content (AvgIpc) is 3.28. The van der Waals surface area contributed by atoms with Crippen LogP contribution in [0.3, 0.4) is 0 Å². The molecular weight excluding hydrogens is 434 g/mol. The van der Waals surface area contributed by atoms with Gasteiger partial charge in [0.05, 0.1) is 22.6 Å². The van der Waals surface area contributed by atoms with Crippen LogP contribution in [0.5, 0.6) is 11.5 Å². The molecule has 2 heterocycles. The average molecular weight is 452 g/mol. The number of ether oxygens (including phenoxy) is 2. The first-order chi connectivity index (χ1) is 15.5. The van der Waals surface area contributed by atoms with Crippen LogP contribution in [0, 0.1) is 6.92 Å². The van der Waals surface area contributed by atoms with Gasteiger partial charge in [-0.25, -0.2) is 0 Å². The molecule has 1 aromatic heterocycles. The maximum atomic E-state index is 12.9. The highest BCUT2D eigenvalue weighted by Crippen LogP contribution is 2.33. The van der Waals surface area contributed by atoms with Crippen LogP contribution in [-0.2, 0) is 4.79 Å². The Kier molecular flexibility index (Phi) is 6.18. The lowest BCUT2D eigenvalue weighted by atomic mass is 10.1. The summed E-state index contributed by atoms with van der Waals surface area (Å²) in [4.78, 5) is 25.6. The molecule has 3 aromatic rings. The highest BCUT2D eigenvalue weighted by molar-refractivity contribution is 6.33. The van der Waals surface area contributed by atoms with E-state index in [1.165, 1.54) is 12.3 Å². The Morgan fingerprint density at radius 1 is 1.09 bits per heavy atom. The fourth-order valence-corrected chi connectivity index (χ4v) is 2.99. The molecule has 0 saturated carbocycles. The summed E-state index contributed by atoms with van der Waals surface area (Å²) in [6.45, 7) is 1.82. The van der Waals surface area contributed by atoms with Crippen molar-refractivity contribution in [3.05, 3.63) is 82.3 Å². The molecule has 162 valence electrons. The van der Waals surface area contributed by atoms with E-state index in [1.807, 2.05) is 0 Å². The minimum atomic E-state index is -0.600. The van der Waals surface area contributed by atoms with Crippen molar-refractivity contribution >= 4 is 35.2 Å². The zero-order valence-electron chi connectivity index (χ0n) is 16.9. The molecule has 0 saturated heterocycles. The number of carbonyl (C=O) groups excluding carboxylic acids is 2. The number of nitrogens with zero attached hydrogens (tertiary/aromatic N) is 2. The first kappa shape index (κ1) is 21.1. The van der Waals surface area contributed by atoms with Gasteiger partial charge in [-0.2, -0.15) is 10.2 Å². The van der Waals surface area contributed by atoms with Crippen LogP contribution in [0.2, 0.25) is 5.02 Å². The number of nitrogens with one attached hydrogen (secondary N) is 3. The molecule has 32 heavy (non-hydrogen) atoms. The van der Waals surface area contributed by atoms with Gasteiger partial charge in [0.2, 0.25) is 6.79 Å². The number of benzene rings is 2. The molecule has 3 N–H and O–H groups in total. The van der Waals surface area contributed by atoms with Crippen molar-refractivity contribution in [3.63, 3.8) is 0 Å². The molecule has 0 unspecified atom stereocenters. The number of hydrogen-bond donors (Lipinski definition) is 3. The minimum absolute atomic E-state index is 0.0000723. The summed E-state index contributed by atoms with van der Waals surface area (Å²) in [7, 11) is 0. The van der Waals surface area contributed by atoms with Crippen LogP contribution in [0.4, 0.5) is 5.69 Å². The van der Waals surface area contributed by atoms with Gasteiger partial charge in [-0.15, -0.1) is 0 Å². The molecule has 1 aliphatic rings. The predicted molar refractivity (Wildman–Crippen MR) is 118 cm³/mol. The van der Waals surface area contributed by atoms with Crippen LogP contribution in [-0.4, -0.2) is 28.8 Å². The van der Waals surface area contributed by atoms with Crippen molar-refractivity contribution in [1.82, 2.24) is 20.9 Å². The molecule has 2 amide bonds. The molecule has 10 heteroatoms. The Balaban J connectivity index is 1.58. The fourth-order valence-electron chi connectivity index (χ4n) is 2.86. The number of hydrogen-bond acceptors (Lipinski definition) is 7. The quantitative estimate of drug-likeness (QED) is 0.389. The lowest BCUT2D eigenvalue weighted by molar-refractivity contribution is -0.117. The van der Waals surface area contributed by atoms with Crippen LogP contribution < -0.4 is 25.6 Å². The molecular formula is C22H18ClN5O4. The molecule has 0 spiro atoms. The van der Waals surface area contributed by atoms with Crippen LogP contribution in [0.15, 0.2) is 60.4 Å². The zero-order valence-corrected chi connectivity index (χ0v) is 17.6. The van der Waals surface area contributed by atoms with E-state index in [4.69, 9.17) is 21.1 Å². The largest absolute Gasteiger partial charge is 0.454 e. The van der Waals surface area contributed by atoms with Crippen LogP contribution >= 0.6 is 11.6 Å². The second kappa shape index (κ2) is 9.36. The number of carbonyl (C=O) groups is 2. The number of fused-ring (bicyclic) bond motifs is 1. The SMILES string of the molecule is Cc1nncc(NNC(=O)/C(=C/c2ccc3c(c2)OCO3)NC(=O)c2ccccc2)c1Cl. The van der Waals surface area contributed by atoms with Crippen molar-refractivity contribution in [1.29, 1.82) is 0 Å². The van der Waals surface area contributed by atoms with Crippen molar-refractivity contribution < 1.29 is 19.1 Å². The maximum Gasteiger partial charge on any atom is 0.286 e. The molecule has 0 atom stereocenters. The smallest absolute Gasteiger partial charge is 0.286 e. The first-order valence-corrected chi connectivity index (χ1v) is 9.91. The molecule has 0 radical (unpaired) electrons. The summed E-state index contributed by atoms with van der Waals surface area (Å²) in [5.41, 5.74) is 7.12. The van der Waals surface area contributed by atoms with E-state index in [9.17, 15) is 9.59 Å². The number of rotatable bonds is 6. The van der Waals surface area contributed by atoms with E-state index in [0.717, 1.165) is 0 Å². The summed E-state index contributed by atoms with van der Waals surface area (Å²) < 4.78 is 10.7. The Morgan fingerprint density at radius 2 is 1.88 bits per heavy atom. The van der Waals surface area contributed by atoms with Gasteiger partial charge in [0, 0.05) is 5.56 Å². The van der Waals surface area contributed by atoms with E-state index in [2.05, 4.69) is 26.4 Å². The Morgan fingerprint density at radius 3 is 2.69 bits per heavy atom. The minimum Gasteiger partial charge on any atom is -0.454 e. The fraction of sp³-hybridized carbons (Fsp3) is 0.0909. The van der Waals surface area contributed by atoms with E-state index in [1.54, 1.807) is 55.5 Å². The van der Waals surface area contributed by atoms with E-state index < -0.39 is 11.8 Å². The van der Waals surface area contributed by atoms with Gasteiger partial charge in [-0.1, -0.05) is 35.9 Å². The standard InChI is InChI=1S/C22H18ClN5O4/c1-13-20(23)17(11-24-26-13)27-28-22(30)16(25-21(29)15-5-3-2-4-6-15)9-14-7-8-18-19(10-14)32-12-31-18/h2-11H,12H2,1H3,(H,25,29)(H,26,27)(H,28,30)/b16-9-. The third-order valence-electron chi connectivity index (χ3n) is 4.50. The van der Waals surface area contributed by atoms with Gasteiger partial charge in [0.15, 0.2) is 11.5 Å². The van der Waals surface area contributed by atoms with Crippen molar-refractivity contribution in [2.45, 2.75) is 6.92 Å². The Hall–Kier alpha value is -4.11. The third-order valence-corrected chi connectivity index (χ3v) is 4.97. The van der Waals surface area contributed by atoms with Gasteiger partial charge in [-0.05, 0) is 42.8 Å². The lowest BCUT2D eigenvalue weighted by Gasteiger charge is -2.13. The zero-order chi connectivity index (χ0) is 22.5. The lowest BCUT2D eigenvalue weighted by Crippen LogP contribution is -2.37. The van der Waals surface area contributed by atoms with Gasteiger partial charge < -0.3 is 14.8 Å². The van der Waals surface area contributed by atoms with Crippen molar-refractivity contribution in [3.8, 4) is 11.5 Å². The van der Waals surface area contributed by atoms with E-state index >= 15 is 0 Å². The Bertz CT molecular complexity index is 1200. The van der Waals surface area contributed by atoms with Gasteiger partial charge in [-0.3, -0.25) is 20.4 Å². The number of anilines is 1. The summed E-state index contributed by atoms with van der Waals surface area (Å²) >= 11 is 6.18. The Labute approximate surface area is 188 Å². The molecule has 9 nitrogen and oxygen atoms in total. The number of halogens is 1.